The first-order valence-electron chi connectivity index (χ1n) is 9.50. The predicted molar refractivity (Wildman–Crippen MR) is 105 cm³/mol. The van der Waals surface area contributed by atoms with Gasteiger partial charge in [-0.05, 0) is 55.1 Å². The molecule has 7 heteroatoms. The summed E-state index contributed by atoms with van der Waals surface area (Å²) in [6, 6.07) is 11.6. The average molecular weight is 377 g/mol. The van der Waals surface area contributed by atoms with Gasteiger partial charge >= 0.3 is 0 Å². The molecule has 1 atom stereocenters. The topological polar surface area (TPSA) is 84.2 Å². The van der Waals surface area contributed by atoms with Gasteiger partial charge in [0.15, 0.2) is 0 Å². The molecular formula is C21H23N5O2. The third kappa shape index (κ3) is 4.09. The number of nitrogens with one attached hydrogen (secondary N) is 1. The molecule has 0 radical (unpaired) electrons. The Hall–Kier alpha value is -3.06. The van der Waals surface area contributed by atoms with E-state index >= 15 is 0 Å². The van der Waals surface area contributed by atoms with Crippen LogP contribution >= 0.6 is 0 Å². The summed E-state index contributed by atoms with van der Waals surface area (Å²) < 4.78 is 5.31. The van der Waals surface area contributed by atoms with Gasteiger partial charge in [0.25, 0.3) is 5.91 Å². The van der Waals surface area contributed by atoms with E-state index in [0.717, 1.165) is 25.1 Å². The lowest BCUT2D eigenvalue weighted by molar-refractivity contribution is 0.0769. The van der Waals surface area contributed by atoms with E-state index in [1.807, 2.05) is 30.3 Å². The van der Waals surface area contributed by atoms with E-state index in [0.29, 0.717) is 23.2 Å². The molecule has 1 N–H and O–H groups in total. The molecule has 3 heterocycles. The highest BCUT2D eigenvalue weighted by atomic mass is 16.5. The number of carbonyl (C=O) groups is 1. The Morgan fingerprint density at radius 1 is 1.29 bits per heavy atom. The number of benzene rings is 1. The van der Waals surface area contributed by atoms with Crippen molar-refractivity contribution in [2.24, 2.45) is 0 Å². The van der Waals surface area contributed by atoms with Crippen molar-refractivity contribution in [3.63, 3.8) is 0 Å². The lowest BCUT2D eigenvalue weighted by Gasteiger charge is -2.24. The Labute approximate surface area is 163 Å². The quantitative estimate of drug-likeness (QED) is 0.736. The Balaban J connectivity index is 1.44. The first kappa shape index (κ1) is 18.3. The van der Waals surface area contributed by atoms with Gasteiger partial charge in [0, 0.05) is 37.1 Å². The maximum absolute atomic E-state index is 12.9. The number of hydrogen-bond acceptors (Lipinski definition) is 6. The van der Waals surface area contributed by atoms with Crippen molar-refractivity contribution in [3.05, 3.63) is 65.8 Å². The lowest BCUT2D eigenvalue weighted by Crippen LogP contribution is -2.29. The monoisotopic (exact) mass is 377 g/mol. The molecule has 1 aromatic carbocycles. The van der Waals surface area contributed by atoms with Crippen LogP contribution in [0.1, 0.15) is 40.6 Å². The zero-order valence-electron chi connectivity index (χ0n) is 15.8. The molecule has 4 rings (SSSR count). The van der Waals surface area contributed by atoms with Crippen LogP contribution in [0.5, 0.6) is 0 Å². The summed E-state index contributed by atoms with van der Waals surface area (Å²) in [6.07, 6.45) is 5.67. The van der Waals surface area contributed by atoms with Gasteiger partial charge < -0.3 is 14.7 Å². The molecule has 0 aliphatic carbocycles. The molecule has 1 saturated heterocycles. The second kappa shape index (κ2) is 8.31. The van der Waals surface area contributed by atoms with Gasteiger partial charge in [-0.1, -0.05) is 17.3 Å². The minimum absolute atomic E-state index is 0.0609. The largest absolute Gasteiger partial charge is 0.337 e. The molecule has 1 amide bonds. The van der Waals surface area contributed by atoms with Crippen LogP contribution in [0.25, 0.3) is 11.4 Å². The molecule has 7 nitrogen and oxygen atoms in total. The van der Waals surface area contributed by atoms with Gasteiger partial charge in [-0.15, -0.1) is 0 Å². The predicted octanol–water partition coefficient (Wildman–Crippen LogP) is 2.87. The standard InChI is InChI=1S/C21H23N5O2/c1-26(14-19-24-20(25-28-19)15-7-10-22-11-8-15)21(27)17-5-2-4-16(12-17)18-6-3-9-23-13-18/h2,4-5,7-8,10-12,18,23H,3,6,9,13-14H2,1H3. The molecule has 0 spiro atoms. The Kier molecular flexibility index (Phi) is 5.43. The van der Waals surface area contributed by atoms with Crippen LogP contribution in [-0.4, -0.2) is 46.1 Å². The number of aromatic nitrogens is 3. The van der Waals surface area contributed by atoms with E-state index in [-0.39, 0.29) is 12.5 Å². The molecule has 1 unspecified atom stereocenters. The number of rotatable bonds is 5. The van der Waals surface area contributed by atoms with Crippen molar-refractivity contribution in [2.45, 2.75) is 25.3 Å². The van der Waals surface area contributed by atoms with E-state index < -0.39 is 0 Å². The number of pyridine rings is 1. The molecule has 2 aromatic heterocycles. The van der Waals surface area contributed by atoms with Crippen molar-refractivity contribution >= 4 is 5.91 Å². The van der Waals surface area contributed by atoms with Crippen molar-refractivity contribution in [1.29, 1.82) is 0 Å². The molecule has 0 saturated carbocycles. The summed E-state index contributed by atoms with van der Waals surface area (Å²) in [4.78, 5) is 22.8. The van der Waals surface area contributed by atoms with Crippen LogP contribution in [0.2, 0.25) is 0 Å². The molecule has 1 aliphatic heterocycles. The van der Waals surface area contributed by atoms with Gasteiger partial charge in [-0.3, -0.25) is 9.78 Å². The summed E-state index contributed by atoms with van der Waals surface area (Å²) in [5, 5.41) is 7.41. The van der Waals surface area contributed by atoms with Crippen LogP contribution in [-0.2, 0) is 6.54 Å². The smallest absolute Gasteiger partial charge is 0.254 e. The number of piperidine rings is 1. The number of amides is 1. The lowest BCUT2D eigenvalue weighted by atomic mass is 9.90. The Bertz CT molecular complexity index is 935. The average Bonchev–Trinajstić information content (AvgIpc) is 3.23. The van der Waals surface area contributed by atoms with E-state index in [2.05, 4.69) is 26.5 Å². The third-order valence-corrected chi connectivity index (χ3v) is 5.03. The van der Waals surface area contributed by atoms with Gasteiger partial charge in [0.2, 0.25) is 11.7 Å². The summed E-state index contributed by atoms with van der Waals surface area (Å²) >= 11 is 0. The zero-order valence-corrected chi connectivity index (χ0v) is 15.8. The van der Waals surface area contributed by atoms with Gasteiger partial charge in [0.1, 0.15) is 0 Å². The van der Waals surface area contributed by atoms with Crippen LogP contribution in [0.4, 0.5) is 0 Å². The molecule has 28 heavy (non-hydrogen) atoms. The minimum Gasteiger partial charge on any atom is -0.337 e. The number of nitrogens with zero attached hydrogens (tertiary/aromatic N) is 4. The maximum Gasteiger partial charge on any atom is 0.254 e. The summed E-state index contributed by atoms with van der Waals surface area (Å²) in [6.45, 7) is 2.29. The molecule has 1 aliphatic rings. The SMILES string of the molecule is CN(Cc1nc(-c2ccncc2)no1)C(=O)c1cccc(C2CCCNC2)c1. The van der Waals surface area contributed by atoms with Gasteiger partial charge in [0.05, 0.1) is 6.54 Å². The second-order valence-corrected chi connectivity index (χ2v) is 7.08. The maximum atomic E-state index is 12.9. The van der Waals surface area contributed by atoms with Crippen molar-refractivity contribution < 1.29 is 9.32 Å². The number of hydrogen-bond donors (Lipinski definition) is 1. The highest BCUT2D eigenvalue weighted by Gasteiger charge is 2.19. The highest BCUT2D eigenvalue weighted by molar-refractivity contribution is 5.94. The van der Waals surface area contributed by atoms with Crippen molar-refractivity contribution in [1.82, 2.24) is 25.3 Å². The van der Waals surface area contributed by atoms with E-state index in [9.17, 15) is 4.79 Å². The summed E-state index contributed by atoms with van der Waals surface area (Å²) in [7, 11) is 1.74. The van der Waals surface area contributed by atoms with Crippen LogP contribution in [0, 0.1) is 0 Å². The fraction of sp³-hybridized carbons (Fsp3) is 0.333. The van der Waals surface area contributed by atoms with Crippen molar-refractivity contribution in [3.8, 4) is 11.4 Å². The normalized spacial score (nSPS) is 16.7. The van der Waals surface area contributed by atoms with Crippen molar-refractivity contribution in [2.75, 3.05) is 20.1 Å². The fourth-order valence-electron chi connectivity index (χ4n) is 3.49. The van der Waals surface area contributed by atoms with E-state index in [4.69, 9.17) is 4.52 Å². The van der Waals surface area contributed by atoms with Gasteiger partial charge in [-0.2, -0.15) is 4.98 Å². The zero-order chi connectivity index (χ0) is 19.3. The summed E-state index contributed by atoms with van der Waals surface area (Å²) in [5.74, 6) is 1.29. The molecule has 0 bridgehead atoms. The van der Waals surface area contributed by atoms with E-state index in [1.165, 1.54) is 12.0 Å². The Morgan fingerprint density at radius 2 is 2.14 bits per heavy atom. The van der Waals surface area contributed by atoms with Crippen LogP contribution < -0.4 is 5.32 Å². The minimum atomic E-state index is -0.0609. The Morgan fingerprint density at radius 3 is 2.93 bits per heavy atom. The first-order chi connectivity index (χ1) is 13.7. The van der Waals surface area contributed by atoms with Gasteiger partial charge in [-0.25, -0.2) is 0 Å². The molecular weight excluding hydrogens is 354 g/mol. The molecule has 3 aromatic rings. The number of carbonyl (C=O) groups excluding carboxylic acids is 1. The summed E-state index contributed by atoms with van der Waals surface area (Å²) in [5.41, 5.74) is 2.72. The van der Waals surface area contributed by atoms with E-state index in [1.54, 1.807) is 24.3 Å². The second-order valence-electron chi connectivity index (χ2n) is 7.08. The third-order valence-electron chi connectivity index (χ3n) is 5.03. The highest BCUT2D eigenvalue weighted by Crippen LogP contribution is 2.24. The fourth-order valence-corrected chi connectivity index (χ4v) is 3.49. The van der Waals surface area contributed by atoms with Crippen LogP contribution in [0.3, 0.4) is 0 Å². The molecule has 1 fully saturated rings. The molecule has 144 valence electrons. The van der Waals surface area contributed by atoms with Crippen LogP contribution in [0.15, 0.2) is 53.3 Å². The first-order valence-corrected chi connectivity index (χ1v) is 9.50.